The van der Waals surface area contributed by atoms with Gasteiger partial charge in [-0.3, -0.25) is 4.79 Å². The van der Waals surface area contributed by atoms with Crippen molar-refractivity contribution in [2.75, 3.05) is 6.54 Å². The van der Waals surface area contributed by atoms with Crippen LogP contribution in [0.15, 0.2) is 18.3 Å². The lowest BCUT2D eigenvalue weighted by Crippen LogP contribution is -2.25. The third-order valence-corrected chi connectivity index (χ3v) is 1.80. The van der Waals surface area contributed by atoms with Crippen LogP contribution in [0, 0.1) is 0 Å². The highest BCUT2D eigenvalue weighted by Crippen LogP contribution is 1.98. The summed E-state index contributed by atoms with van der Waals surface area (Å²) in [5.74, 6) is 0.165. The number of nitrogens with one attached hydrogen (secondary N) is 2. The van der Waals surface area contributed by atoms with Crippen LogP contribution in [0.5, 0.6) is 0 Å². The number of hydrogen-bond acceptors (Lipinski definition) is 2. The molecule has 3 nitrogen and oxygen atoms in total. The highest BCUT2D eigenvalue weighted by Gasteiger charge is 2.05. The van der Waals surface area contributed by atoms with Gasteiger partial charge in [0.05, 0.1) is 5.69 Å². The molecule has 0 amide bonds. The largest absolute Gasteiger partial charge is 0.359 e. The Morgan fingerprint density at radius 1 is 1.62 bits per heavy atom. The maximum absolute atomic E-state index is 11.4. The number of H-pyrrole nitrogens is 1. The van der Waals surface area contributed by atoms with Crippen LogP contribution in [0.2, 0.25) is 0 Å². The quantitative estimate of drug-likeness (QED) is 0.676. The first-order chi connectivity index (χ1) is 6.20. The monoisotopic (exact) mass is 180 g/mol. The van der Waals surface area contributed by atoms with E-state index in [-0.39, 0.29) is 5.78 Å². The summed E-state index contributed by atoms with van der Waals surface area (Å²) >= 11 is 0. The Morgan fingerprint density at radius 2 is 2.38 bits per heavy atom. The molecule has 2 N–H and O–H groups in total. The van der Waals surface area contributed by atoms with Crippen molar-refractivity contribution in [1.82, 2.24) is 10.3 Å². The average Bonchev–Trinajstić information content (AvgIpc) is 2.55. The van der Waals surface area contributed by atoms with Gasteiger partial charge in [0, 0.05) is 25.2 Å². The molecule has 0 aliphatic rings. The van der Waals surface area contributed by atoms with Gasteiger partial charge in [-0.15, -0.1) is 0 Å². The minimum atomic E-state index is 0.165. The second kappa shape index (κ2) is 4.82. The van der Waals surface area contributed by atoms with E-state index in [4.69, 9.17) is 0 Å². The Morgan fingerprint density at radius 3 is 2.92 bits per heavy atom. The maximum Gasteiger partial charge on any atom is 0.180 e. The molecule has 0 aromatic carbocycles. The number of carbonyl (C=O) groups excluding carboxylic acids is 1. The molecular weight excluding hydrogens is 164 g/mol. The van der Waals surface area contributed by atoms with E-state index in [1.54, 1.807) is 12.3 Å². The van der Waals surface area contributed by atoms with E-state index < -0.39 is 0 Å². The van der Waals surface area contributed by atoms with Crippen LogP contribution in [-0.2, 0) is 0 Å². The minimum absolute atomic E-state index is 0.165. The summed E-state index contributed by atoms with van der Waals surface area (Å²) in [6, 6.07) is 4.08. The lowest BCUT2D eigenvalue weighted by atomic mass is 10.2. The van der Waals surface area contributed by atoms with Crippen LogP contribution >= 0.6 is 0 Å². The predicted octanol–water partition coefficient (Wildman–Crippen LogP) is 1.59. The first kappa shape index (κ1) is 9.99. The Kier molecular flexibility index (Phi) is 3.71. The van der Waals surface area contributed by atoms with Gasteiger partial charge in [-0.25, -0.2) is 0 Å². The van der Waals surface area contributed by atoms with E-state index in [1.165, 1.54) is 0 Å². The van der Waals surface area contributed by atoms with E-state index in [1.807, 2.05) is 6.07 Å². The Hall–Kier alpha value is -1.09. The topological polar surface area (TPSA) is 44.9 Å². The van der Waals surface area contributed by atoms with E-state index in [0.29, 0.717) is 18.2 Å². The molecule has 0 saturated heterocycles. The number of hydrogen-bond donors (Lipinski definition) is 2. The predicted molar refractivity (Wildman–Crippen MR) is 52.9 cm³/mol. The Bertz CT molecular complexity index is 252. The molecule has 0 saturated carbocycles. The van der Waals surface area contributed by atoms with Gasteiger partial charge < -0.3 is 10.3 Å². The molecule has 0 aliphatic heterocycles. The summed E-state index contributed by atoms with van der Waals surface area (Å²) in [6.07, 6.45) is 2.32. The van der Waals surface area contributed by atoms with Gasteiger partial charge in [0.1, 0.15) is 0 Å². The molecule has 0 unspecified atom stereocenters. The third kappa shape index (κ3) is 3.42. The number of Topliss-reactive ketones (excluding diaryl/α,β-unsaturated/α-hetero) is 1. The first-order valence-corrected chi connectivity index (χ1v) is 4.60. The lowest BCUT2D eigenvalue weighted by molar-refractivity contribution is 0.0978. The number of aromatic amines is 1. The summed E-state index contributed by atoms with van der Waals surface area (Å²) in [5.41, 5.74) is 0.700. The average molecular weight is 180 g/mol. The Balaban J connectivity index is 2.27. The van der Waals surface area contributed by atoms with Crippen molar-refractivity contribution in [3.8, 4) is 0 Å². The normalized spacial score (nSPS) is 10.7. The molecule has 72 valence electrons. The van der Waals surface area contributed by atoms with E-state index in [9.17, 15) is 4.79 Å². The fraction of sp³-hybridized carbons (Fsp3) is 0.500. The minimum Gasteiger partial charge on any atom is -0.359 e. The second-order valence-electron chi connectivity index (χ2n) is 3.37. The maximum atomic E-state index is 11.4. The van der Waals surface area contributed by atoms with Gasteiger partial charge in [0.15, 0.2) is 5.78 Å². The zero-order valence-corrected chi connectivity index (χ0v) is 8.13. The number of aromatic nitrogens is 1. The number of rotatable bonds is 5. The fourth-order valence-electron chi connectivity index (χ4n) is 1.11. The van der Waals surface area contributed by atoms with E-state index in [2.05, 4.69) is 24.1 Å². The second-order valence-corrected chi connectivity index (χ2v) is 3.37. The summed E-state index contributed by atoms with van der Waals surface area (Å²) in [4.78, 5) is 14.3. The van der Waals surface area contributed by atoms with Crippen LogP contribution in [0.1, 0.15) is 30.8 Å². The molecule has 1 aromatic heterocycles. The van der Waals surface area contributed by atoms with Crippen LogP contribution < -0.4 is 5.32 Å². The third-order valence-electron chi connectivity index (χ3n) is 1.80. The van der Waals surface area contributed by atoms with Gasteiger partial charge in [0.25, 0.3) is 0 Å². The molecule has 1 heterocycles. The van der Waals surface area contributed by atoms with Gasteiger partial charge in [-0.2, -0.15) is 0 Å². The highest BCUT2D eigenvalue weighted by molar-refractivity contribution is 5.94. The molecule has 0 aliphatic carbocycles. The summed E-state index contributed by atoms with van der Waals surface area (Å²) in [6.45, 7) is 4.88. The van der Waals surface area contributed by atoms with Crippen molar-refractivity contribution in [2.45, 2.75) is 26.3 Å². The molecule has 0 bridgehead atoms. The molecule has 0 spiro atoms. The van der Waals surface area contributed by atoms with Crippen LogP contribution in [0.3, 0.4) is 0 Å². The molecule has 3 heteroatoms. The zero-order chi connectivity index (χ0) is 9.68. The SMILES string of the molecule is CC(C)NCCC(=O)c1ccc[nH]1. The van der Waals surface area contributed by atoms with E-state index >= 15 is 0 Å². The summed E-state index contributed by atoms with van der Waals surface area (Å²) < 4.78 is 0. The molecular formula is C10H16N2O. The van der Waals surface area contributed by atoms with Crippen molar-refractivity contribution < 1.29 is 4.79 Å². The van der Waals surface area contributed by atoms with Crippen molar-refractivity contribution >= 4 is 5.78 Å². The van der Waals surface area contributed by atoms with Crippen molar-refractivity contribution in [3.63, 3.8) is 0 Å². The van der Waals surface area contributed by atoms with Gasteiger partial charge in [-0.1, -0.05) is 13.8 Å². The van der Waals surface area contributed by atoms with Gasteiger partial charge >= 0.3 is 0 Å². The van der Waals surface area contributed by atoms with E-state index in [0.717, 1.165) is 6.54 Å². The number of carbonyl (C=O) groups is 1. The smallest absolute Gasteiger partial charge is 0.180 e. The molecule has 13 heavy (non-hydrogen) atoms. The molecule has 1 rings (SSSR count). The molecule has 0 atom stereocenters. The summed E-state index contributed by atoms with van der Waals surface area (Å²) in [5, 5.41) is 3.20. The van der Waals surface area contributed by atoms with Crippen LogP contribution in [0.4, 0.5) is 0 Å². The van der Waals surface area contributed by atoms with Crippen LogP contribution in [-0.4, -0.2) is 23.4 Å². The zero-order valence-electron chi connectivity index (χ0n) is 8.13. The van der Waals surface area contributed by atoms with Crippen molar-refractivity contribution in [2.24, 2.45) is 0 Å². The molecule has 1 aromatic rings. The highest BCUT2D eigenvalue weighted by atomic mass is 16.1. The summed E-state index contributed by atoms with van der Waals surface area (Å²) in [7, 11) is 0. The van der Waals surface area contributed by atoms with Crippen molar-refractivity contribution in [3.05, 3.63) is 24.0 Å². The molecule has 0 fully saturated rings. The lowest BCUT2D eigenvalue weighted by Gasteiger charge is -2.05. The standard InChI is InChI=1S/C10H16N2O/c1-8(2)11-7-5-10(13)9-4-3-6-12-9/h3-4,6,8,11-12H,5,7H2,1-2H3. The molecule has 0 radical (unpaired) electrons. The number of ketones is 1. The van der Waals surface area contributed by atoms with Crippen molar-refractivity contribution in [1.29, 1.82) is 0 Å². The van der Waals surface area contributed by atoms with Gasteiger partial charge in [-0.05, 0) is 12.1 Å². The van der Waals surface area contributed by atoms with Crippen LogP contribution in [0.25, 0.3) is 0 Å². The fourth-order valence-corrected chi connectivity index (χ4v) is 1.11. The van der Waals surface area contributed by atoms with Gasteiger partial charge in [0.2, 0.25) is 0 Å². The Labute approximate surface area is 78.5 Å². The first-order valence-electron chi connectivity index (χ1n) is 4.60.